The van der Waals surface area contributed by atoms with Gasteiger partial charge in [-0.05, 0) is 20.3 Å². The molecular weight excluding hydrogens is 178 g/mol. The first-order chi connectivity index (χ1) is 6.65. The Bertz CT molecular complexity index is 201. The third-order valence-corrected chi connectivity index (χ3v) is 1.75. The fourth-order valence-electron chi connectivity index (χ4n) is 1.04. The Morgan fingerprint density at radius 3 is 2.07 bits per heavy atom. The van der Waals surface area contributed by atoms with Crippen LogP contribution < -0.4 is 11.5 Å². The van der Waals surface area contributed by atoms with Crippen molar-refractivity contribution in [2.45, 2.75) is 27.2 Å². The summed E-state index contributed by atoms with van der Waals surface area (Å²) in [7, 11) is 0. The molecule has 5 heteroatoms. The molecule has 0 aliphatic carbocycles. The minimum absolute atomic E-state index is 0.0618. The van der Waals surface area contributed by atoms with E-state index in [0.717, 1.165) is 26.1 Å². The lowest BCUT2D eigenvalue weighted by atomic mass is 10.5. The second kappa shape index (κ2) is 7.17. The van der Waals surface area contributed by atoms with E-state index in [9.17, 15) is 0 Å². The van der Waals surface area contributed by atoms with E-state index < -0.39 is 0 Å². The lowest BCUT2D eigenvalue weighted by Crippen LogP contribution is -2.33. The Labute approximate surface area is 85.9 Å². The van der Waals surface area contributed by atoms with Crippen LogP contribution >= 0.6 is 0 Å². The molecule has 82 valence electrons. The van der Waals surface area contributed by atoms with Gasteiger partial charge in [0.25, 0.3) is 0 Å². The Balaban J connectivity index is 4.61. The van der Waals surface area contributed by atoms with Crippen LogP contribution in [0.3, 0.4) is 0 Å². The largest absolute Gasteiger partial charge is 0.370 e. The number of hydrogen-bond donors (Lipinski definition) is 2. The van der Waals surface area contributed by atoms with E-state index in [1.807, 2.05) is 18.7 Å². The van der Waals surface area contributed by atoms with Gasteiger partial charge in [0.2, 0.25) is 5.96 Å². The van der Waals surface area contributed by atoms with E-state index in [4.69, 9.17) is 11.5 Å². The summed E-state index contributed by atoms with van der Waals surface area (Å²) >= 11 is 0. The molecule has 0 bridgehead atoms. The van der Waals surface area contributed by atoms with E-state index in [1.54, 1.807) is 0 Å². The van der Waals surface area contributed by atoms with Crippen molar-refractivity contribution >= 4 is 11.9 Å². The fourth-order valence-corrected chi connectivity index (χ4v) is 1.04. The lowest BCUT2D eigenvalue weighted by molar-refractivity contribution is 0.458. The highest BCUT2D eigenvalue weighted by atomic mass is 15.3. The van der Waals surface area contributed by atoms with Crippen molar-refractivity contribution in [2.24, 2.45) is 21.5 Å². The SMILES string of the molecule is CCCN=C(N=C(N)N)N(CC)CC. The molecule has 0 aliphatic rings. The van der Waals surface area contributed by atoms with Crippen LogP contribution in [0, 0.1) is 0 Å². The Morgan fingerprint density at radius 1 is 1.14 bits per heavy atom. The molecule has 0 saturated carbocycles. The van der Waals surface area contributed by atoms with E-state index in [0.29, 0.717) is 5.96 Å². The highest BCUT2D eigenvalue weighted by Crippen LogP contribution is 1.94. The maximum absolute atomic E-state index is 5.33. The Hall–Kier alpha value is -1.26. The van der Waals surface area contributed by atoms with Crippen molar-refractivity contribution < 1.29 is 0 Å². The molecule has 0 aromatic carbocycles. The van der Waals surface area contributed by atoms with Crippen LogP contribution in [0.25, 0.3) is 0 Å². The van der Waals surface area contributed by atoms with Gasteiger partial charge in [0.15, 0.2) is 5.96 Å². The molecule has 5 nitrogen and oxygen atoms in total. The van der Waals surface area contributed by atoms with Crippen molar-refractivity contribution in [1.82, 2.24) is 4.90 Å². The minimum atomic E-state index is 0.0618. The Morgan fingerprint density at radius 2 is 1.71 bits per heavy atom. The van der Waals surface area contributed by atoms with Crippen molar-refractivity contribution in [1.29, 1.82) is 0 Å². The molecule has 4 N–H and O–H groups in total. The summed E-state index contributed by atoms with van der Waals surface area (Å²) in [6, 6.07) is 0. The monoisotopic (exact) mass is 199 g/mol. The molecule has 0 amide bonds. The maximum atomic E-state index is 5.33. The van der Waals surface area contributed by atoms with Gasteiger partial charge in [0.05, 0.1) is 0 Å². The normalized spacial score (nSPS) is 11.2. The molecule has 0 spiro atoms. The molecule has 0 rings (SSSR count). The summed E-state index contributed by atoms with van der Waals surface area (Å²) in [6.45, 7) is 8.63. The smallest absolute Gasteiger partial charge is 0.223 e. The summed E-state index contributed by atoms with van der Waals surface area (Å²) in [5.74, 6) is 0.698. The van der Waals surface area contributed by atoms with Gasteiger partial charge in [0.1, 0.15) is 0 Å². The van der Waals surface area contributed by atoms with Gasteiger partial charge in [0, 0.05) is 19.6 Å². The van der Waals surface area contributed by atoms with Crippen molar-refractivity contribution in [3.63, 3.8) is 0 Å². The van der Waals surface area contributed by atoms with Gasteiger partial charge < -0.3 is 16.4 Å². The lowest BCUT2D eigenvalue weighted by Gasteiger charge is -2.19. The molecule has 0 unspecified atom stereocenters. The predicted molar refractivity (Wildman–Crippen MR) is 61.3 cm³/mol. The van der Waals surface area contributed by atoms with E-state index in [2.05, 4.69) is 16.9 Å². The number of aliphatic imine (C=N–C) groups is 2. The van der Waals surface area contributed by atoms with Crippen LogP contribution in [0.2, 0.25) is 0 Å². The molecular formula is C9H21N5. The van der Waals surface area contributed by atoms with Crippen LogP contribution in [0.15, 0.2) is 9.98 Å². The topological polar surface area (TPSA) is 80.0 Å². The summed E-state index contributed by atoms with van der Waals surface area (Å²) in [5, 5.41) is 0. The predicted octanol–water partition coefficient (Wildman–Crippen LogP) is 0.368. The van der Waals surface area contributed by atoms with Gasteiger partial charge in [-0.25, -0.2) is 0 Å². The first-order valence-corrected chi connectivity index (χ1v) is 5.04. The molecule has 14 heavy (non-hydrogen) atoms. The van der Waals surface area contributed by atoms with E-state index in [1.165, 1.54) is 0 Å². The zero-order valence-corrected chi connectivity index (χ0v) is 9.32. The zero-order chi connectivity index (χ0) is 11.0. The summed E-state index contributed by atoms with van der Waals surface area (Å²) < 4.78 is 0. The van der Waals surface area contributed by atoms with Gasteiger partial charge in [-0.1, -0.05) is 6.92 Å². The third-order valence-electron chi connectivity index (χ3n) is 1.75. The van der Waals surface area contributed by atoms with Crippen LogP contribution in [0.4, 0.5) is 0 Å². The van der Waals surface area contributed by atoms with Gasteiger partial charge >= 0.3 is 0 Å². The van der Waals surface area contributed by atoms with E-state index in [-0.39, 0.29) is 5.96 Å². The first-order valence-electron chi connectivity index (χ1n) is 5.04. The molecule has 0 saturated heterocycles. The second-order valence-corrected chi connectivity index (χ2v) is 2.89. The summed E-state index contributed by atoms with van der Waals surface area (Å²) in [6.07, 6.45) is 0.991. The first kappa shape index (κ1) is 12.7. The molecule has 0 aliphatic heterocycles. The van der Waals surface area contributed by atoms with E-state index >= 15 is 0 Å². The third kappa shape index (κ3) is 4.69. The number of rotatable bonds is 4. The van der Waals surface area contributed by atoms with Crippen LogP contribution in [-0.4, -0.2) is 36.5 Å². The highest BCUT2D eigenvalue weighted by Gasteiger charge is 2.05. The quantitative estimate of drug-likeness (QED) is 0.507. The summed E-state index contributed by atoms with van der Waals surface area (Å²) in [4.78, 5) is 10.3. The molecule has 0 aromatic rings. The number of nitrogens with zero attached hydrogens (tertiary/aromatic N) is 3. The molecule has 0 radical (unpaired) electrons. The average Bonchev–Trinajstić information content (AvgIpc) is 2.15. The minimum Gasteiger partial charge on any atom is -0.370 e. The van der Waals surface area contributed by atoms with Crippen molar-refractivity contribution in [3.05, 3.63) is 0 Å². The Kier molecular flexibility index (Phi) is 6.53. The van der Waals surface area contributed by atoms with Crippen LogP contribution in [-0.2, 0) is 0 Å². The van der Waals surface area contributed by atoms with Gasteiger partial charge in [-0.15, -0.1) is 0 Å². The average molecular weight is 199 g/mol. The maximum Gasteiger partial charge on any atom is 0.223 e. The molecule has 0 fully saturated rings. The second-order valence-electron chi connectivity index (χ2n) is 2.89. The number of guanidine groups is 2. The van der Waals surface area contributed by atoms with Crippen LogP contribution in [0.5, 0.6) is 0 Å². The number of hydrogen-bond acceptors (Lipinski definition) is 1. The fraction of sp³-hybridized carbons (Fsp3) is 0.778. The number of nitrogens with two attached hydrogens (primary N) is 2. The van der Waals surface area contributed by atoms with Crippen molar-refractivity contribution in [3.8, 4) is 0 Å². The van der Waals surface area contributed by atoms with Crippen molar-refractivity contribution in [2.75, 3.05) is 19.6 Å². The zero-order valence-electron chi connectivity index (χ0n) is 9.32. The summed E-state index contributed by atoms with van der Waals surface area (Å²) in [5.41, 5.74) is 10.7. The standard InChI is InChI=1S/C9H21N5/c1-4-7-12-9(13-8(10)11)14(5-2)6-3/h4-7H2,1-3H3,(H4,10,11,12,13). The van der Waals surface area contributed by atoms with Gasteiger partial charge in [-0.3, -0.25) is 4.99 Å². The molecule has 0 atom stereocenters. The highest BCUT2D eigenvalue weighted by molar-refractivity contribution is 5.93. The molecule has 0 aromatic heterocycles. The van der Waals surface area contributed by atoms with Gasteiger partial charge in [-0.2, -0.15) is 4.99 Å². The molecule has 0 heterocycles. The van der Waals surface area contributed by atoms with Crippen LogP contribution in [0.1, 0.15) is 27.2 Å².